The standard InChI is InChI=1S/C17H19BrN2O3/c1-10-7-12-14(21)9-15(23-16(12)13(18)8-10)20-5-3-11(4-6-20)17(22)19-2/h7-9,11H,3-6H2,1-2H3,(H,19,22). The summed E-state index contributed by atoms with van der Waals surface area (Å²) in [5, 5.41) is 3.28. The number of carbonyl (C=O) groups excluding carboxylic acids is 1. The molecule has 23 heavy (non-hydrogen) atoms. The smallest absolute Gasteiger partial charge is 0.222 e. The highest BCUT2D eigenvalue weighted by atomic mass is 79.9. The maximum absolute atomic E-state index is 12.4. The molecule has 2 aromatic rings. The monoisotopic (exact) mass is 378 g/mol. The summed E-state index contributed by atoms with van der Waals surface area (Å²) < 4.78 is 6.75. The average molecular weight is 379 g/mol. The van der Waals surface area contributed by atoms with Gasteiger partial charge in [-0.05, 0) is 53.4 Å². The molecule has 2 heterocycles. The third-order valence-corrected chi connectivity index (χ3v) is 4.93. The van der Waals surface area contributed by atoms with Gasteiger partial charge in [-0.1, -0.05) is 0 Å². The van der Waals surface area contributed by atoms with Crippen LogP contribution in [0.1, 0.15) is 18.4 Å². The molecule has 1 aliphatic rings. The second-order valence-corrected chi connectivity index (χ2v) is 6.80. The van der Waals surface area contributed by atoms with E-state index in [0.717, 1.165) is 22.9 Å². The first-order chi connectivity index (χ1) is 11.0. The van der Waals surface area contributed by atoms with Crippen molar-refractivity contribution in [2.45, 2.75) is 19.8 Å². The summed E-state index contributed by atoms with van der Waals surface area (Å²) in [7, 11) is 1.66. The Bertz CT molecular complexity index is 807. The minimum absolute atomic E-state index is 0.0396. The molecule has 1 N–H and O–H groups in total. The number of aryl methyl sites for hydroxylation is 1. The first-order valence-electron chi connectivity index (χ1n) is 7.70. The van der Waals surface area contributed by atoms with Crippen molar-refractivity contribution in [3.63, 3.8) is 0 Å². The van der Waals surface area contributed by atoms with Crippen molar-refractivity contribution in [2.75, 3.05) is 25.0 Å². The predicted molar refractivity (Wildman–Crippen MR) is 93.9 cm³/mol. The summed E-state index contributed by atoms with van der Waals surface area (Å²) in [6, 6.07) is 5.33. The SMILES string of the molecule is CNC(=O)C1CCN(c2cc(=O)c3cc(C)cc(Br)c3o2)CC1. The van der Waals surface area contributed by atoms with Crippen LogP contribution in [0.5, 0.6) is 0 Å². The lowest BCUT2D eigenvalue weighted by atomic mass is 9.96. The van der Waals surface area contributed by atoms with Crippen molar-refractivity contribution in [2.24, 2.45) is 5.92 Å². The summed E-state index contributed by atoms with van der Waals surface area (Å²) in [5.74, 6) is 0.697. The van der Waals surface area contributed by atoms with Crippen molar-refractivity contribution in [1.82, 2.24) is 5.32 Å². The first kappa shape index (κ1) is 16.1. The van der Waals surface area contributed by atoms with E-state index in [-0.39, 0.29) is 17.3 Å². The zero-order chi connectivity index (χ0) is 16.6. The fraction of sp³-hybridized carbons (Fsp3) is 0.412. The molecule has 1 aromatic heterocycles. The van der Waals surface area contributed by atoms with Gasteiger partial charge in [-0.3, -0.25) is 9.59 Å². The number of nitrogens with one attached hydrogen (secondary N) is 1. The largest absolute Gasteiger partial charge is 0.439 e. The van der Waals surface area contributed by atoms with Crippen molar-refractivity contribution in [3.05, 3.63) is 38.5 Å². The maximum atomic E-state index is 12.4. The fourth-order valence-corrected chi connectivity index (χ4v) is 3.72. The number of benzene rings is 1. The van der Waals surface area contributed by atoms with E-state index in [1.165, 1.54) is 0 Å². The molecule has 0 radical (unpaired) electrons. The molecule has 5 nitrogen and oxygen atoms in total. The van der Waals surface area contributed by atoms with Gasteiger partial charge in [0.2, 0.25) is 5.91 Å². The van der Waals surface area contributed by atoms with Crippen molar-refractivity contribution < 1.29 is 9.21 Å². The number of hydrogen-bond donors (Lipinski definition) is 1. The van der Waals surface area contributed by atoms with Crippen LogP contribution in [0.2, 0.25) is 0 Å². The van der Waals surface area contributed by atoms with E-state index in [4.69, 9.17) is 4.42 Å². The molecule has 0 unspecified atom stereocenters. The van der Waals surface area contributed by atoms with E-state index in [2.05, 4.69) is 21.2 Å². The summed E-state index contributed by atoms with van der Waals surface area (Å²) in [4.78, 5) is 26.1. The van der Waals surface area contributed by atoms with Gasteiger partial charge in [-0.15, -0.1) is 0 Å². The fourth-order valence-electron chi connectivity index (χ4n) is 3.06. The highest BCUT2D eigenvalue weighted by molar-refractivity contribution is 9.10. The summed E-state index contributed by atoms with van der Waals surface area (Å²) in [6.45, 7) is 3.35. The van der Waals surface area contributed by atoms with Gasteiger partial charge in [-0.25, -0.2) is 0 Å². The highest BCUT2D eigenvalue weighted by Crippen LogP contribution is 2.29. The number of nitrogens with zero attached hydrogens (tertiary/aromatic N) is 1. The first-order valence-corrected chi connectivity index (χ1v) is 8.49. The number of amides is 1. The van der Waals surface area contributed by atoms with Crippen molar-refractivity contribution >= 4 is 38.7 Å². The molecule has 6 heteroatoms. The van der Waals surface area contributed by atoms with Crippen LogP contribution in [-0.2, 0) is 4.79 Å². The Balaban J connectivity index is 1.90. The minimum Gasteiger partial charge on any atom is -0.439 e. The Morgan fingerprint density at radius 2 is 2.00 bits per heavy atom. The topological polar surface area (TPSA) is 62.6 Å². The lowest BCUT2D eigenvalue weighted by molar-refractivity contribution is -0.125. The molecule has 1 saturated heterocycles. The highest BCUT2D eigenvalue weighted by Gasteiger charge is 2.25. The predicted octanol–water partition coefficient (Wildman–Crippen LogP) is 2.83. The van der Waals surface area contributed by atoms with Crippen LogP contribution in [0.4, 0.5) is 5.88 Å². The number of rotatable bonds is 2. The number of halogens is 1. The van der Waals surface area contributed by atoms with Gasteiger partial charge in [0.25, 0.3) is 0 Å². The molecule has 122 valence electrons. The summed E-state index contributed by atoms with van der Waals surface area (Å²) in [6.07, 6.45) is 1.52. The van der Waals surface area contributed by atoms with Gasteiger partial charge in [0.05, 0.1) is 9.86 Å². The molecule has 0 bridgehead atoms. The van der Waals surface area contributed by atoms with Crippen LogP contribution < -0.4 is 15.6 Å². The van der Waals surface area contributed by atoms with Crippen LogP contribution in [0.25, 0.3) is 11.0 Å². The molecule has 0 aliphatic carbocycles. The molecule has 1 aromatic carbocycles. The molecular formula is C17H19BrN2O3. The van der Waals surface area contributed by atoms with Crippen molar-refractivity contribution in [1.29, 1.82) is 0 Å². The van der Waals surface area contributed by atoms with Gasteiger partial charge < -0.3 is 14.6 Å². The van der Waals surface area contributed by atoms with Gasteiger partial charge in [0.1, 0.15) is 0 Å². The Labute approximate surface area is 142 Å². The zero-order valence-corrected chi connectivity index (χ0v) is 14.8. The van der Waals surface area contributed by atoms with E-state index in [9.17, 15) is 9.59 Å². The quantitative estimate of drug-likeness (QED) is 0.872. The van der Waals surface area contributed by atoms with Gasteiger partial charge in [-0.2, -0.15) is 0 Å². The van der Waals surface area contributed by atoms with E-state index in [1.807, 2.05) is 24.0 Å². The number of carbonyl (C=O) groups is 1. The molecule has 3 rings (SSSR count). The Kier molecular flexibility index (Phi) is 4.43. The molecule has 1 fully saturated rings. The number of hydrogen-bond acceptors (Lipinski definition) is 4. The molecular weight excluding hydrogens is 360 g/mol. The summed E-state index contributed by atoms with van der Waals surface area (Å²) >= 11 is 3.47. The van der Waals surface area contributed by atoms with Gasteiger partial charge in [0, 0.05) is 32.1 Å². The van der Waals surface area contributed by atoms with Crippen LogP contribution in [0, 0.1) is 12.8 Å². The van der Waals surface area contributed by atoms with E-state index in [1.54, 1.807) is 13.1 Å². The maximum Gasteiger partial charge on any atom is 0.222 e. The number of fused-ring (bicyclic) bond motifs is 1. The Morgan fingerprint density at radius 1 is 1.30 bits per heavy atom. The zero-order valence-electron chi connectivity index (χ0n) is 13.2. The normalized spacial score (nSPS) is 15.9. The molecule has 1 aliphatic heterocycles. The summed E-state index contributed by atoms with van der Waals surface area (Å²) in [5.41, 5.74) is 1.54. The lowest BCUT2D eigenvalue weighted by Gasteiger charge is -2.31. The second-order valence-electron chi connectivity index (χ2n) is 5.95. The van der Waals surface area contributed by atoms with E-state index < -0.39 is 0 Å². The Hall–Kier alpha value is -1.82. The Morgan fingerprint density at radius 3 is 2.65 bits per heavy atom. The third-order valence-electron chi connectivity index (χ3n) is 4.34. The second kappa shape index (κ2) is 6.35. The minimum atomic E-state index is -0.0425. The van der Waals surface area contributed by atoms with Crippen LogP contribution in [0.3, 0.4) is 0 Å². The van der Waals surface area contributed by atoms with Crippen LogP contribution in [-0.4, -0.2) is 26.0 Å². The molecule has 0 spiro atoms. The average Bonchev–Trinajstić information content (AvgIpc) is 2.55. The van der Waals surface area contributed by atoms with E-state index in [0.29, 0.717) is 29.9 Å². The lowest BCUT2D eigenvalue weighted by Crippen LogP contribution is -2.39. The molecule has 0 atom stereocenters. The third kappa shape index (κ3) is 3.13. The number of piperidine rings is 1. The van der Waals surface area contributed by atoms with Gasteiger partial charge >= 0.3 is 0 Å². The van der Waals surface area contributed by atoms with Gasteiger partial charge in [0.15, 0.2) is 16.9 Å². The van der Waals surface area contributed by atoms with Crippen LogP contribution >= 0.6 is 15.9 Å². The number of anilines is 1. The molecule has 0 saturated carbocycles. The van der Waals surface area contributed by atoms with Crippen molar-refractivity contribution in [3.8, 4) is 0 Å². The van der Waals surface area contributed by atoms with Crippen LogP contribution in [0.15, 0.2) is 31.9 Å². The molecule has 1 amide bonds. The van der Waals surface area contributed by atoms with E-state index >= 15 is 0 Å².